The smallest absolute Gasteiger partial charge is 0.264 e. The van der Waals surface area contributed by atoms with E-state index in [2.05, 4.69) is 10.3 Å². The molecule has 0 spiro atoms. The third-order valence-electron chi connectivity index (χ3n) is 3.88. The van der Waals surface area contributed by atoms with Crippen molar-refractivity contribution in [1.82, 2.24) is 4.98 Å². The van der Waals surface area contributed by atoms with Crippen LogP contribution in [0.5, 0.6) is 0 Å². The van der Waals surface area contributed by atoms with Gasteiger partial charge in [-0.1, -0.05) is 36.4 Å². The molecule has 0 saturated heterocycles. The lowest BCUT2D eigenvalue weighted by Crippen LogP contribution is -2.26. The average molecular weight is 370 g/mol. The van der Waals surface area contributed by atoms with Gasteiger partial charge in [0, 0.05) is 23.5 Å². The van der Waals surface area contributed by atoms with E-state index < -0.39 is 16.0 Å². The standard InChI is InChI=1S/C19H18N2O4S/c1-26(23,24)25-13-18(14-5-3-2-4-6-14)19(22)21-17-8-7-16-12-20-10-9-15(16)11-17/h2-12,18H,13H2,1H3,(H,21,22). The van der Waals surface area contributed by atoms with Crippen molar-refractivity contribution in [2.75, 3.05) is 18.2 Å². The molecule has 26 heavy (non-hydrogen) atoms. The zero-order valence-electron chi connectivity index (χ0n) is 14.1. The number of carbonyl (C=O) groups is 1. The summed E-state index contributed by atoms with van der Waals surface area (Å²) in [5, 5.41) is 4.74. The molecule has 3 rings (SSSR count). The predicted molar refractivity (Wildman–Crippen MR) is 100 cm³/mol. The van der Waals surface area contributed by atoms with Crippen LogP contribution >= 0.6 is 0 Å². The number of carbonyl (C=O) groups excluding carboxylic acids is 1. The number of anilines is 1. The van der Waals surface area contributed by atoms with Crippen molar-refractivity contribution in [3.05, 3.63) is 72.6 Å². The molecular formula is C19H18N2O4S. The molecule has 0 fully saturated rings. The van der Waals surface area contributed by atoms with E-state index in [-0.39, 0.29) is 12.5 Å². The second kappa shape index (κ2) is 7.63. The molecule has 0 saturated carbocycles. The molecule has 1 atom stereocenters. The summed E-state index contributed by atoms with van der Waals surface area (Å²) in [4.78, 5) is 16.8. The fraction of sp³-hybridized carbons (Fsp3) is 0.158. The summed E-state index contributed by atoms with van der Waals surface area (Å²) in [7, 11) is -3.65. The van der Waals surface area contributed by atoms with Crippen LogP contribution in [0.25, 0.3) is 10.8 Å². The molecule has 2 aromatic carbocycles. The Morgan fingerprint density at radius 1 is 1.12 bits per heavy atom. The number of hydrogen-bond donors (Lipinski definition) is 1. The molecule has 0 radical (unpaired) electrons. The number of nitrogens with zero attached hydrogens (tertiary/aromatic N) is 1. The zero-order valence-corrected chi connectivity index (χ0v) is 14.9. The Morgan fingerprint density at radius 2 is 1.88 bits per heavy atom. The maximum absolute atomic E-state index is 12.8. The summed E-state index contributed by atoms with van der Waals surface area (Å²) in [6.07, 6.45) is 4.39. The first kappa shape index (κ1) is 18.0. The maximum Gasteiger partial charge on any atom is 0.264 e. The molecule has 1 heterocycles. The number of pyridine rings is 1. The second-order valence-corrected chi connectivity index (χ2v) is 7.52. The molecule has 0 aliphatic heterocycles. The van der Waals surface area contributed by atoms with E-state index in [0.717, 1.165) is 17.0 Å². The van der Waals surface area contributed by atoms with Crippen LogP contribution in [0.15, 0.2) is 67.0 Å². The van der Waals surface area contributed by atoms with Crippen molar-refractivity contribution in [1.29, 1.82) is 0 Å². The van der Waals surface area contributed by atoms with Gasteiger partial charge in [0.1, 0.15) is 0 Å². The Morgan fingerprint density at radius 3 is 2.62 bits per heavy atom. The van der Waals surface area contributed by atoms with E-state index in [1.54, 1.807) is 42.7 Å². The molecule has 6 nitrogen and oxygen atoms in total. The molecule has 1 N–H and O–H groups in total. The van der Waals surface area contributed by atoms with Gasteiger partial charge < -0.3 is 5.32 Å². The highest BCUT2D eigenvalue weighted by Gasteiger charge is 2.23. The van der Waals surface area contributed by atoms with E-state index in [1.165, 1.54) is 0 Å². The average Bonchev–Trinajstić information content (AvgIpc) is 2.62. The fourth-order valence-electron chi connectivity index (χ4n) is 2.59. The van der Waals surface area contributed by atoms with Gasteiger partial charge in [0.15, 0.2) is 0 Å². The highest BCUT2D eigenvalue weighted by molar-refractivity contribution is 7.85. The highest BCUT2D eigenvalue weighted by Crippen LogP contribution is 2.22. The van der Waals surface area contributed by atoms with Crippen molar-refractivity contribution in [3.63, 3.8) is 0 Å². The lowest BCUT2D eigenvalue weighted by atomic mass is 9.99. The van der Waals surface area contributed by atoms with Crippen LogP contribution in [0.3, 0.4) is 0 Å². The quantitative estimate of drug-likeness (QED) is 0.674. The van der Waals surface area contributed by atoms with E-state index in [4.69, 9.17) is 4.18 Å². The topological polar surface area (TPSA) is 85.4 Å². The Kier molecular flexibility index (Phi) is 5.29. The van der Waals surface area contributed by atoms with Gasteiger partial charge in [0.05, 0.1) is 18.8 Å². The third kappa shape index (κ3) is 4.65. The third-order valence-corrected chi connectivity index (χ3v) is 4.44. The minimum Gasteiger partial charge on any atom is -0.325 e. The summed E-state index contributed by atoms with van der Waals surface area (Å²) < 4.78 is 27.5. The molecule has 1 aromatic heterocycles. The first-order chi connectivity index (χ1) is 12.4. The number of fused-ring (bicyclic) bond motifs is 1. The van der Waals surface area contributed by atoms with E-state index in [0.29, 0.717) is 11.3 Å². The van der Waals surface area contributed by atoms with Gasteiger partial charge in [-0.25, -0.2) is 0 Å². The van der Waals surface area contributed by atoms with Crippen molar-refractivity contribution >= 4 is 32.5 Å². The van der Waals surface area contributed by atoms with Gasteiger partial charge in [-0.15, -0.1) is 0 Å². The molecule has 1 unspecified atom stereocenters. The first-order valence-corrected chi connectivity index (χ1v) is 9.78. The second-order valence-electron chi connectivity index (χ2n) is 5.88. The first-order valence-electron chi connectivity index (χ1n) is 7.96. The van der Waals surface area contributed by atoms with Crippen LogP contribution in [-0.4, -0.2) is 32.2 Å². The Hall–Kier alpha value is -2.77. The van der Waals surface area contributed by atoms with E-state index in [1.807, 2.05) is 24.3 Å². The monoisotopic (exact) mass is 370 g/mol. The maximum atomic E-state index is 12.8. The summed E-state index contributed by atoms with van der Waals surface area (Å²) >= 11 is 0. The highest BCUT2D eigenvalue weighted by atomic mass is 32.2. The number of amides is 1. The van der Waals surface area contributed by atoms with Crippen LogP contribution < -0.4 is 5.32 Å². The van der Waals surface area contributed by atoms with Gasteiger partial charge in [0.2, 0.25) is 5.91 Å². The molecular weight excluding hydrogens is 352 g/mol. The molecule has 0 aliphatic carbocycles. The molecule has 0 bridgehead atoms. The molecule has 3 aromatic rings. The van der Waals surface area contributed by atoms with Crippen LogP contribution in [0.4, 0.5) is 5.69 Å². The molecule has 1 amide bonds. The van der Waals surface area contributed by atoms with E-state index >= 15 is 0 Å². The SMILES string of the molecule is CS(=O)(=O)OCC(C(=O)Nc1ccc2cnccc2c1)c1ccccc1. The van der Waals surface area contributed by atoms with E-state index in [9.17, 15) is 13.2 Å². The Labute approximate surface area is 152 Å². The van der Waals surface area contributed by atoms with Gasteiger partial charge >= 0.3 is 0 Å². The number of hydrogen-bond acceptors (Lipinski definition) is 5. The fourth-order valence-corrected chi connectivity index (χ4v) is 2.97. The van der Waals surface area contributed by atoms with Crippen molar-refractivity contribution in [2.45, 2.75) is 5.92 Å². The zero-order chi connectivity index (χ0) is 18.6. The number of benzene rings is 2. The lowest BCUT2D eigenvalue weighted by Gasteiger charge is -2.17. The van der Waals surface area contributed by atoms with Crippen LogP contribution in [0.1, 0.15) is 11.5 Å². The summed E-state index contributed by atoms with van der Waals surface area (Å²) in [6.45, 7) is -0.258. The van der Waals surface area contributed by atoms with Crippen LogP contribution in [0, 0.1) is 0 Å². The summed E-state index contributed by atoms with van der Waals surface area (Å²) in [5.41, 5.74) is 1.30. The minimum atomic E-state index is -3.65. The minimum absolute atomic E-state index is 0.258. The number of nitrogens with one attached hydrogen (secondary N) is 1. The summed E-state index contributed by atoms with van der Waals surface area (Å²) in [5.74, 6) is -1.09. The molecule has 7 heteroatoms. The number of rotatable bonds is 6. The normalized spacial score (nSPS) is 12.7. The van der Waals surface area contributed by atoms with Gasteiger partial charge in [0.25, 0.3) is 10.1 Å². The summed E-state index contributed by atoms with van der Waals surface area (Å²) in [6, 6.07) is 16.3. The number of aromatic nitrogens is 1. The molecule has 0 aliphatic rings. The van der Waals surface area contributed by atoms with Crippen molar-refractivity contribution < 1.29 is 17.4 Å². The van der Waals surface area contributed by atoms with Crippen molar-refractivity contribution in [3.8, 4) is 0 Å². The largest absolute Gasteiger partial charge is 0.325 e. The van der Waals surface area contributed by atoms with Crippen molar-refractivity contribution in [2.24, 2.45) is 0 Å². The van der Waals surface area contributed by atoms with Crippen LogP contribution in [-0.2, 0) is 19.1 Å². The Balaban J connectivity index is 1.83. The predicted octanol–water partition coefficient (Wildman–Crippen LogP) is 2.93. The molecule has 134 valence electrons. The lowest BCUT2D eigenvalue weighted by molar-refractivity contribution is -0.118. The Bertz CT molecular complexity index is 1020. The van der Waals surface area contributed by atoms with Gasteiger partial charge in [-0.3, -0.25) is 14.0 Å². The van der Waals surface area contributed by atoms with Gasteiger partial charge in [-0.05, 0) is 29.1 Å². The van der Waals surface area contributed by atoms with Gasteiger partial charge in [-0.2, -0.15) is 8.42 Å². The van der Waals surface area contributed by atoms with Crippen LogP contribution in [0.2, 0.25) is 0 Å².